The second-order valence-corrected chi connectivity index (χ2v) is 7.67. The van der Waals surface area contributed by atoms with Crippen LogP contribution < -0.4 is 16.0 Å². The van der Waals surface area contributed by atoms with E-state index in [1.54, 1.807) is 42.1 Å². The highest BCUT2D eigenvalue weighted by atomic mass is 32.1. The van der Waals surface area contributed by atoms with E-state index in [9.17, 15) is 4.79 Å². The van der Waals surface area contributed by atoms with E-state index >= 15 is 0 Å². The lowest BCUT2D eigenvalue weighted by Crippen LogP contribution is -2.15. The number of anilines is 3. The van der Waals surface area contributed by atoms with Crippen LogP contribution in [0, 0.1) is 6.92 Å². The zero-order valence-electron chi connectivity index (χ0n) is 15.1. The van der Waals surface area contributed by atoms with Crippen molar-refractivity contribution in [2.24, 2.45) is 0 Å². The Hall–Kier alpha value is -2.93. The molecule has 0 saturated carbocycles. The van der Waals surface area contributed by atoms with Gasteiger partial charge in [0.2, 0.25) is 0 Å². The van der Waals surface area contributed by atoms with Crippen LogP contribution in [0.3, 0.4) is 0 Å². The summed E-state index contributed by atoms with van der Waals surface area (Å²) in [4.78, 5) is 24.4. The molecule has 3 aromatic rings. The largest absolute Gasteiger partial charge is 0.383 e. The molecule has 7 heteroatoms. The molecule has 1 amide bonds. The van der Waals surface area contributed by atoms with Crippen LogP contribution in [-0.2, 0) is 0 Å². The Balaban J connectivity index is 1.63. The maximum Gasteiger partial charge on any atom is 0.259 e. The highest BCUT2D eigenvalue weighted by molar-refractivity contribution is 7.19. The molecular weight excluding hydrogens is 358 g/mol. The van der Waals surface area contributed by atoms with Gasteiger partial charge in [-0.25, -0.2) is 4.98 Å². The number of nitrogen functional groups attached to an aromatic ring is 1. The third-order valence-electron chi connectivity index (χ3n) is 4.69. The predicted octanol–water partition coefficient (Wildman–Crippen LogP) is 3.95. The molecule has 1 aliphatic rings. The number of nitrogens with two attached hydrogens (primary N) is 1. The fraction of sp³-hybridized carbons (Fsp3) is 0.250. The summed E-state index contributed by atoms with van der Waals surface area (Å²) in [5, 5.41) is 4.12. The van der Waals surface area contributed by atoms with Crippen molar-refractivity contribution in [2.45, 2.75) is 19.8 Å². The smallest absolute Gasteiger partial charge is 0.259 e. The van der Waals surface area contributed by atoms with Crippen LogP contribution in [-0.4, -0.2) is 29.0 Å². The Bertz CT molecular complexity index is 964. The van der Waals surface area contributed by atoms with E-state index in [1.807, 2.05) is 6.07 Å². The number of hydrogen-bond donors (Lipinski definition) is 2. The minimum Gasteiger partial charge on any atom is -0.383 e. The van der Waals surface area contributed by atoms with E-state index in [0.717, 1.165) is 23.5 Å². The van der Waals surface area contributed by atoms with E-state index in [4.69, 9.17) is 5.73 Å². The van der Waals surface area contributed by atoms with E-state index in [0.29, 0.717) is 11.3 Å². The molecule has 0 aliphatic carbocycles. The first-order valence-electron chi connectivity index (χ1n) is 8.94. The molecule has 4 rings (SSSR count). The standard InChI is InChI=1S/C20H21N5OS/c1-13-10-17(25-8-2-3-9-25)27-18(13)14-11-16(19(21)23-12-14)20(26)24-15-4-6-22-7-5-15/h4-7,10-12H,2-3,8-9H2,1H3,(H2,21,23)(H,22,24,26). The molecule has 138 valence electrons. The van der Waals surface area contributed by atoms with Crippen molar-refractivity contribution in [3.63, 3.8) is 0 Å². The number of nitrogens with zero attached hydrogens (tertiary/aromatic N) is 3. The topological polar surface area (TPSA) is 84.1 Å². The van der Waals surface area contributed by atoms with E-state index in [1.165, 1.54) is 23.4 Å². The van der Waals surface area contributed by atoms with Gasteiger partial charge < -0.3 is 16.0 Å². The minimum absolute atomic E-state index is 0.222. The van der Waals surface area contributed by atoms with Crippen molar-refractivity contribution >= 4 is 33.8 Å². The third kappa shape index (κ3) is 3.64. The molecule has 0 atom stereocenters. The van der Waals surface area contributed by atoms with Crippen molar-refractivity contribution in [1.82, 2.24) is 9.97 Å². The van der Waals surface area contributed by atoms with Crippen LogP contribution in [0.5, 0.6) is 0 Å². The molecule has 27 heavy (non-hydrogen) atoms. The summed E-state index contributed by atoms with van der Waals surface area (Å²) < 4.78 is 0. The first-order chi connectivity index (χ1) is 13.1. The van der Waals surface area contributed by atoms with Crippen molar-refractivity contribution in [3.05, 3.63) is 54.0 Å². The molecule has 1 aliphatic heterocycles. The first-order valence-corrected chi connectivity index (χ1v) is 9.76. The predicted molar refractivity (Wildman–Crippen MR) is 110 cm³/mol. The fourth-order valence-corrected chi connectivity index (χ4v) is 4.47. The Kier molecular flexibility index (Phi) is 4.77. The molecule has 1 saturated heterocycles. The highest BCUT2D eigenvalue weighted by Gasteiger charge is 2.19. The number of hydrogen-bond acceptors (Lipinski definition) is 6. The van der Waals surface area contributed by atoms with Gasteiger partial charge in [0.15, 0.2) is 0 Å². The van der Waals surface area contributed by atoms with Gasteiger partial charge >= 0.3 is 0 Å². The molecule has 0 bridgehead atoms. The van der Waals surface area contributed by atoms with Crippen LogP contribution in [0.25, 0.3) is 10.4 Å². The number of pyridine rings is 2. The Morgan fingerprint density at radius 2 is 1.96 bits per heavy atom. The monoisotopic (exact) mass is 379 g/mol. The van der Waals surface area contributed by atoms with E-state index in [-0.39, 0.29) is 11.7 Å². The average molecular weight is 379 g/mol. The molecular formula is C20H21N5OS. The molecule has 4 heterocycles. The maximum atomic E-state index is 12.7. The van der Waals surface area contributed by atoms with Crippen LogP contribution in [0.1, 0.15) is 28.8 Å². The van der Waals surface area contributed by atoms with Crippen LogP contribution >= 0.6 is 11.3 Å². The molecule has 3 N–H and O–H groups in total. The Morgan fingerprint density at radius 1 is 1.22 bits per heavy atom. The lowest BCUT2D eigenvalue weighted by Gasteiger charge is -2.14. The van der Waals surface area contributed by atoms with Crippen LogP contribution in [0.15, 0.2) is 42.9 Å². The van der Waals surface area contributed by atoms with Gasteiger partial charge in [-0.05, 0) is 49.6 Å². The van der Waals surface area contributed by atoms with Gasteiger partial charge in [0.25, 0.3) is 5.91 Å². The number of amides is 1. The summed E-state index contributed by atoms with van der Waals surface area (Å²) >= 11 is 1.75. The fourth-order valence-electron chi connectivity index (χ4n) is 3.26. The van der Waals surface area contributed by atoms with Gasteiger partial charge in [-0.15, -0.1) is 11.3 Å². The molecule has 0 unspecified atom stereocenters. The van der Waals surface area contributed by atoms with E-state index in [2.05, 4.69) is 33.2 Å². The average Bonchev–Trinajstić information content (AvgIpc) is 3.33. The molecule has 0 radical (unpaired) electrons. The lowest BCUT2D eigenvalue weighted by atomic mass is 10.1. The lowest BCUT2D eigenvalue weighted by molar-refractivity contribution is 0.102. The molecule has 3 aromatic heterocycles. The maximum absolute atomic E-state index is 12.7. The number of aromatic nitrogens is 2. The first kappa shape index (κ1) is 17.5. The zero-order chi connectivity index (χ0) is 18.8. The Morgan fingerprint density at radius 3 is 2.70 bits per heavy atom. The number of aryl methyl sites for hydroxylation is 1. The van der Waals surface area contributed by atoms with Gasteiger partial charge in [0.05, 0.1) is 10.6 Å². The quantitative estimate of drug-likeness (QED) is 0.717. The summed E-state index contributed by atoms with van der Waals surface area (Å²) in [5.74, 6) is -0.0543. The van der Waals surface area contributed by atoms with Crippen molar-refractivity contribution < 1.29 is 4.79 Å². The number of nitrogens with one attached hydrogen (secondary N) is 1. The van der Waals surface area contributed by atoms with Gasteiger partial charge in [0.1, 0.15) is 5.82 Å². The third-order valence-corrected chi connectivity index (χ3v) is 6.03. The normalized spacial score (nSPS) is 13.7. The summed E-state index contributed by atoms with van der Waals surface area (Å²) in [6.45, 7) is 4.32. The number of rotatable bonds is 4. The van der Waals surface area contributed by atoms with Crippen LogP contribution in [0.2, 0.25) is 0 Å². The summed E-state index contributed by atoms with van der Waals surface area (Å²) in [7, 11) is 0. The molecule has 6 nitrogen and oxygen atoms in total. The number of thiophene rings is 1. The van der Waals surface area contributed by atoms with Crippen LogP contribution in [0.4, 0.5) is 16.5 Å². The number of carbonyl (C=O) groups is 1. The van der Waals surface area contributed by atoms with Gasteiger partial charge in [0, 0.05) is 47.8 Å². The molecule has 0 aromatic carbocycles. The second-order valence-electron chi connectivity index (χ2n) is 6.64. The minimum atomic E-state index is -0.276. The zero-order valence-corrected chi connectivity index (χ0v) is 15.9. The highest BCUT2D eigenvalue weighted by Crippen LogP contribution is 2.39. The SMILES string of the molecule is Cc1cc(N2CCCC2)sc1-c1cnc(N)c(C(=O)Nc2ccncc2)c1. The van der Waals surface area contributed by atoms with Crippen molar-refractivity contribution in [3.8, 4) is 10.4 Å². The second kappa shape index (κ2) is 7.36. The molecule has 1 fully saturated rings. The summed E-state index contributed by atoms with van der Waals surface area (Å²) in [6.07, 6.45) is 7.49. The van der Waals surface area contributed by atoms with E-state index < -0.39 is 0 Å². The summed E-state index contributed by atoms with van der Waals surface area (Å²) in [6, 6.07) is 7.51. The van der Waals surface area contributed by atoms with Gasteiger partial charge in [-0.3, -0.25) is 9.78 Å². The van der Waals surface area contributed by atoms with Gasteiger partial charge in [-0.2, -0.15) is 0 Å². The molecule has 0 spiro atoms. The van der Waals surface area contributed by atoms with Gasteiger partial charge in [-0.1, -0.05) is 0 Å². The van der Waals surface area contributed by atoms with Crippen molar-refractivity contribution in [2.75, 3.05) is 29.0 Å². The Labute approximate surface area is 162 Å². The number of carbonyl (C=O) groups excluding carboxylic acids is 1. The summed E-state index contributed by atoms with van der Waals surface area (Å²) in [5.41, 5.74) is 9.12. The van der Waals surface area contributed by atoms with Crippen molar-refractivity contribution in [1.29, 1.82) is 0 Å².